The molecule has 0 saturated carbocycles. The summed E-state index contributed by atoms with van der Waals surface area (Å²) in [5, 5.41) is 6.46. The summed E-state index contributed by atoms with van der Waals surface area (Å²) in [4.78, 5) is 15.3. The van der Waals surface area contributed by atoms with E-state index in [-0.39, 0.29) is 23.5 Å². The van der Waals surface area contributed by atoms with Gasteiger partial charge in [0.25, 0.3) is 5.91 Å². The van der Waals surface area contributed by atoms with Crippen molar-refractivity contribution in [1.82, 2.24) is 14.7 Å². The third-order valence-corrected chi connectivity index (χ3v) is 6.98. The van der Waals surface area contributed by atoms with Gasteiger partial charge in [0.05, 0.1) is 28.1 Å². The van der Waals surface area contributed by atoms with Crippen molar-refractivity contribution in [3.8, 4) is 10.6 Å². The molecule has 1 aliphatic rings. The van der Waals surface area contributed by atoms with E-state index in [0.29, 0.717) is 25.2 Å². The second-order valence-electron chi connectivity index (χ2n) is 5.87. The van der Waals surface area contributed by atoms with Crippen LogP contribution in [0.3, 0.4) is 0 Å². The van der Waals surface area contributed by atoms with Gasteiger partial charge in [0.2, 0.25) is 0 Å². The molecule has 1 amide bonds. The second kappa shape index (κ2) is 6.68. The highest BCUT2D eigenvalue weighted by molar-refractivity contribution is 7.91. The maximum atomic E-state index is 12.6. The zero-order chi connectivity index (χ0) is 17.3. The summed E-state index contributed by atoms with van der Waals surface area (Å²) < 4.78 is 25.4. The van der Waals surface area contributed by atoms with Crippen LogP contribution in [0.1, 0.15) is 36.8 Å². The van der Waals surface area contributed by atoms with Crippen LogP contribution in [0.2, 0.25) is 0 Å². The Morgan fingerprint density at radius 3 is 2.71 bits per heavy atom. The molecule has 0 N–H and O–H groups in total. The topological polar surface area (TPSA) is 72.3 Å². The van der Waals surface area contributed by atoms with Crippen LogP contribution < -0.4 is 0 Å². The molecule has 1 atom stereocenters. The Labute approximate surface area is 146 Å². The van der Waals surface area contributed by atoms with Crippen molar-refractivity contribution in [1.29, 1.82) is 0 Å². The molecule has 8 heteroatoms. The van der Waals surface area contributed by atoms with Crippen LogP contribution in [0, 0.1) is 0 Å². The lowest BCUT2D eigenvalue weighted by Crippen LogP contribution is -2.31. The summed E-state index contributed by atoms with van der Waals surface area (Å²) in [7, 11) is -3.02. The van der Waals surface area contributed by atoms with E-state index in [1.807, 2.05) is 31.4 Å². The smallest absolute Gasteiger partial charge is 0.274 e. The molecule has 1 fully saturated rings. The van der Waals surface area contributed by atoms with Crippen LogP contribution in [0.25, 0.3) is 10.6 Å². The average molecular weight is 367 g/mol. The second-order valence-corrected chi connectivity index (χ2v) is 9.05. The zero-order valence-electron chi connectivity index (χ0n) is 13.8. The SMILES string of the molecule is CCN(CC)C(=O)c1cc(-c2cccs2)n([C@H]2CCS(=O)(=O)C2)n1. The maximum absolute atomic E-state index is 12.6. The Balaban J connectivity index is 2.02. The first-order valence-electron chi connectivity index (χ1n) is 8.08. The van der Waals surface area contributed by atoms with Gasteiger partial charge in [0, 0.05) is 13.1 Å². The summed E-state index contributed by atoms with van der Waals surface area (Å²) in [6.07, 6.45) is 0.543. The fourth-order valence-corrected chi connectivity index (χ4v) is 5.45. The Morgan fingerprint density at radius 1 is 1.42 bits per heavy atom. The predicted octanol–water partition coefficient (Wildman–Crippen LogP) is 2.45. The summed E-state index contributed by atoms with van der Waals surface area (Å²) >= 11 is 1.56. The van der Waals surface area contributed by atoms with Crippen LogP contribution in [0.15, 0.2) is 23.6 Å². The maximum Gasteiger partial charge on any atom is 0.274 e. The highest BCUT2D eigenvalue weighted by Gasteiger charge is 2.32. The van der Waals surface area contributed by atoms with Gasteiger partial charge in [-0.05, 0) is 37.8 Å². The van der Waals surface area contributed by atoms with Crippen molar-refractivity contribution in [2.45, 2.75) is 26.3 Å². The average Bonchev–Trinajstić information content (AvgIpc) is 3.25. The predicted molar refractivity (Wildman–Crippen MR) is 95.1 cm³/mol. The molecule has 0 spiro atoms. The van der Waals surface area contributed by atoms with Crippen LogP contribution in [-0.4, -0.2) is 53.6 Å². The molecule has 0 unspecified atom stereocenters. The molecule has 1 aliphatic heterocycles. The van der Waals surface area contributed by atoms with Crippen LogP contribution in [0.4, 0.5) is 0 Å². The van der Waals surface area contributed by atoms with Crippen molar-refractivity contribution in [3.05, 3.63) is 29.3 Å². The minimum Gasteiger partial charge on any atom is -0.338 e. The molecular weight excluding hydrogens is 346 g/mol. The van der Waals surface area contributed by atoms with Crippen molar-refractivity contribution >= 4 is 27.1 Å². The Kier molecular flexibility index (Phi) is 4.78. The minimum atomic E-state index is -3.02. The molecule has 2 aromatic rings. The number of aromatic nitrogens is 2. The Bertz CT molecular complexity index is 821. The van der Waals surface area contributed by atoms with E-state index in [2.05, 4.69) is 5.10 Å². The number of hydrogen-bond acceptors (Lipinski definition) is 5. The van der Waals surface area contributed by atoms with Crippen LogP contribution in [-0.2, 0) is 9.84 Å². The number of sulfone groups is 1. The molecule has 3 rings (SSSR count). The fraction of sp³-hybridized carbons (Fsp3) is 0.500. The van der Waals surface area contributed by atoms with Gasteiger partial charge < -0.3 is 4.90 Å². The molecular formula is C16H21N3O3S2. The van der Waals surface area contributed by atoms with Gasteiger partial charge in [-0.1, -0.05) is 6.07 Å². The van der Waals surface area contributed by atoms with Crippen molar-refractivity contribution in [2.24, 2.45) is 0 Å². The first kappa shape index (κ1) is 17.2. The highest BCUT2D eigenvalue weighted by Crippen LogP contribution is 2.32. The molecule has 0 aliphatic carbocycles. The largest absolute Gasteiger partial charge is 0.338 e. The summed E-state index contributed by atoms with van der Waals surface area (Å²) in [5.74, 6) is 0.157. The third kappa shape index (κ3) is 3.25. The lowest BCUT2D eigenvalue weighted by Gasteiger charge is -2.17. The van der Waals surface area contributed by atoms with E-state index in [0.717, 1.165) is 10.6 Å². The number of rotatable bonds is 5. The molecule has 1 saturated heterocycles. The lowest BCUT2D eigenvalue weighted by molar-refractivity contribution is 0.0766. The molecule has 3 heterocycles. The Hall–Kier alpha value is -1.67. The number of thiophene rings is 1. The molecule has 0 bridgehead atoms. The first-order chi connectivity index (χ1) is 11.4. The zero-order valence-corrected chi connectivity index (χ0v) is 15.4. The van der Waals surface area contributed by atoms with Crippen molar-refractivity contribution in [3.63, 3.8) is 0 Å². The quantitative estimate of drug-likeness (QED) is 0.814. The van der Waals surface area contributed by atoms with Gasteiger partial charge in [-0.25, -0.2) is 8.42 Å². The van der Waals surface area contributed by atoms with Gasteiger partial charge in [-0.2, -0.15) is 5.10 Å². The molecule has 0 aromatic carbocycles. The van der Waals surface area contributed by atoms with E-state index in [4.69, 9.17) is 0 Å². The molecule has 24 heavy (non-hydrogen) atoms. The molecule has 6 nitrogen and oxygen atoms in total. The third-order valence-electron chi connectivity index (χ3n) is 4.33. The summed E-state index contributed by atoms with van der Waals surface area (Å²) in [5.41, 5.74) is 1.20. The number of nitrogens with zero attached hydrogens (tertiary/aromatic N) is 3. The summed E-state index contributed by atoms with van der Waals surface area (Å²) in [6, 6.07) is 5.49. The van der Waals surface area contributed by atoms with Crippen LogP contribution >= 0.6 is 11.3 Å². The highest BCUT2D eigenvalue weighted by atomic mass is 32.2. The monoisotopic (exact) mass is 367 g/mol. The van der Waals surface area contributed by atoms with Crippen molar-refractivity contribution < 1.29 is 13.2 Å². The van der Waals surface area contributed by atoms with E-state index in [1.54, 1.807) is 27.0 Å². The van der Waals surface area contributed by atoms with Gasteiger partial charge in [0.1, 0.15) is 0 Å². The van der Waals surface area contributed by atoms with Gasteiger partial charge >= 0.3 is 0 Å². The van der Waals surface area contributed by atoms with E-state index >= 15 is 0 Å². The van der Waals surface area contributed by atoms with E-state index in [9.17, 15) is 13.2 Å². The standard InChI is InChI=1S/C16H21N3O3S2/c1-3-18(4-2)16(20)13-10-14(15-6-5-8-23-15)19(17-13)12-7-9-24(21,22)11-12/h5-6,8,10,12H,3-4,7,9,11H2,1-2H3/t12-/m0/s1. The first-order valence-corrected chi connectivity index (χ1v) is 10.8. The fourth-order valence-electron chi connectivity index (χ4n) is 3.03. The number of carbonyl (C=O) groups excluding carboxylic acids is 1. The number of amides is 1. The minimum absolute atomic E-state index is 0.0892. The normalized spacial score (nSPS) is 19.5. The van der Waals surface area contributed by atoms with Gasteiger partial charge in [-0.3, -0.25) is 9.48 Å². The van der Waals surface area contributed by atoms with Gasteiger partial charge in [0.15, 0.2) is 15.5 Å². The lowest BCUT2D eigenvalue weighted by atomic mass is 10.2. The van der Waals surface area contributed by atoms with Gasteiger partial charge in [-0.15, -0.1) is 11.3 Å². The number of hydrogen-bond donors (Lipinski definition) is 0. The van der Waals surface area contributed by atoms with Crippen molar-refractivity contribution in [2.75, 3.05) is 24.6 Å². The van der Waals surface area contributed by atoms with E-state index < -0.39 is 9.84 Å². The summed E-state index contributed by atoms with van der Waals surface area (Å²) in [6.45, 7) is 5.10. The molecule has 0 radical (unpaired) electrons. The molecule has 130 valence electrons. The Morgan fingerprint density at radius 2 is 2.17 bits per heavy atom. The number of carbonyl (C=O) groups is 1. The van der Waals surface area contributed by atoms with Crippen LogP contribution in [0.5, 0.6) is 0 Å². The molecule has 2 aromatic heterocycles. The van der Waals surface area contributed by atoms with E-state index in [1.165, 1.54) is 0 Å².